The van der Waals surface area contributed by atoms with Crippen molar-refractivity contribution in [3.05, 3.63) is 59.7 Å². The number of amides is 1. The third-order valence-electron chi connectivity index (χ3n) is 5.90. The van der Waals surface area contributed by atoms with Crippen LogP contribution in [0, 0.1) is 6.92 Å². The van der Waals surface area contributed by atoms with E-state index in [1.54, 1.807) is 18.6 Å². The minimum atomic E-state index is -0.0628. The van der Waals surface area contributed by atoms with Crippen LogP contribution in [0.4, 0.5) is 5.82 Å². The second kappa shape index (κ2) is 10.5. The van der Waals surface area contributed by atoms with Gasteiger partial charge in [-0.05, 0) is 43.2 Å². The summed E-state index contributed by atoms with van der Waals surface area (Å²) in [6, 6.07) is 9.54. The van der Waals surface area contributed by atoms with Crippen LogP contribution in [0.2, 0.25) is 0 Å². The van der Waals surface area contributed by atoms with Gasteiger partial charge in [-0.2, -0.15) is 0 Å². The molecule has 172 valence electrons. The second-order valence-electron chi connectivity index (χ2n) is 8.11. The van der Waals surface area contributed by atoms with Crippen molar-refractivity contribution in [2.45, 2.75) is 20.3 Å². The number of pyridine rings is 1. The van der Waals surface area contributed by atoms with Gasteiger partial charge in [-0.1, -0.05) is 13.0 Å². The zero-order valence-corrected chi connectivity index (χ0v) is 19.2. The van der Waals surface area contributed by atoms with Crippen LogP contribution in [-0.4, -0.2) is 65.2 Å². The highest BCUT2D eigenvalue weighted by Gasteiger charge is 2.17. The van der Waals surface area contributed by atoms with E-state index in [4.69, 9.17) is 10.5 Å². The smallest absolute Gasteiger partial charge is 0.251 e. The highest BCUT2D eigenvalue weighted by Crippen LogP contribution is 2.33. The summed E-state index contributed by atoms with van der Waals surface area (Å²) >= 11 is 0. The average Bonchev–Trinajstić information content (AvgIpc) is 2.84. The van der Waals surface area contributed by atoms with Gasteiger partial charge in [-0.25, -0.2) is 15.0 Å². The Bertz CT molecular complexity index is 1110. The minimum Gasteiger partial charge on any atom is -0.384 e. The number of ether oxygens (including phenoxy) is 1. The van der Waals surface area contributed by atoms with Crippen molar-refractivity contribution in [3.63, 3.8) is 0 Å². The molecule has 8 nitrogen and oxygen atoms in total. The number of hydrogen-bond donors (Lipinski definition) is 2. The molecule has 0 radical (unpaired) electrons. The Morgan fingerprint density at radius 2 is 1.91 bits per heavy atom. The molecule has 1 fully saturated rings. The Morgan fingerprint density at radius 3 is 2.61 bits per heavy atom. The number of hydrogen-bond acceptors (Lipinski definition) is 7. The van der Waals surface area contributed by atoms with Gasteiger partial charge in [0.15, 0.2) is 0 Å². The summed E-state index contributed by atoms with van der Waals surface area (Å²) in [5.41, 5.74) is 11.9. The molecule has 3 aromatic rings. The molecule has 0 atom stereocenters. The van der Waals surface area contributed by atoms with Gasteiger partial charge in [0, 0.05) is 54.6 Å². The number of rotatable bonds is 7. The van der Waals surface area contributed by atoms with Crippen molar-refractivity contribution >= 4 is 11.7 Å². The third kappa shape index (κ3) is 5.35. The van der Waals surface area contributed by atoms with E-state index in [0.717, 1.165) is 72.9 Å². The van der Waals surface area contributed by atoms with Crippen molar-refractivity contribution in [1.29, 1.82) is 0 Å². The van der Waals surface area contributed by atoms with Gasteiger partial charge in [0.2, 0.25) is 0 Å². The molecular formula is C25H30N6O2. The van der Waals surface area contributed by atoms with Crippen molar-refractivity contribution < 1.29 is 9.53 Å². The molecule has 0 aliphatic carbocycles. The lowest BCUT2D eigenvalue weighted by molar-refractivity contribution is 0.0383. The summed E-state index contributed by atoms with van der Waals surface area (Å²) < 4.78 is 5.37. The SMILES string of the molecule is CCc1ncnc(-c2ccc(C(=O)NCCN3CCOCC3)c(C)c2)c1-c1ccc(N)nc1. The molecule has 1 amide bonds. The normalized spacial score (nSPS) is 14.2. The standard InChI is InChI=1S/C25H30N6O2/c1-3-21-23(19-5-7-22(26)28-15-19)24(30-16-29-21)18-4-6-20(17(2)14-18)25(32)27-8-9-31-10-12-33-13-11-31/h4-7,14-16H,3,8-13H2,1-2H3,(H2,26,28)(H,27,32). The Kier molecular flexibility index (Phi) is 7.26. The molecule has 1 saturated heterocycles. The monoisotopic (exact) mass is 446 g/mol. The van der Waals surface area contributed by atoms with Crippen LogP contribution in [0.15, 0.2) is 42.9 Å². The van der Waals surface area contributed by atoms with Crippen molar-refractivity contribution in [2.24, 2.45) is 0 Å². The lowest BCUT2D eigenvalue weighted by Gasteiger charge is -2.26. The summed E-state index contributed by atoms with van der Waals surface area (Å²) in [5.74, 6) is 0.405. The molecule has 0 bridgehead atoms. The first-order valence-electron chi connectivity index (χ1n) is 11.3. The zero-order valence-electron chi connectivity index (χ0n) is 19.2. The van der Waals surface area contributed by atoms with Gasteiger partial charge in [0.25, 0.3) is 5.91 Å². The predicted molar refractivity (Wildman–Crippen MR) is 129 cm³/mol. The van der Waals surface area contributed by atoms with Gasteiger partial charge >= 0.3 is 0 Å². The number of aryl methyl sites for hydroxylation is 2. The largest absolute Gasteiger partial charge is 0.384 e. The van der Waals surface area contributed by atoms with E-state index >= 15 is 0 Å². The fourth-order valence-electron chi connectivity index (χ4n) is 4.08. The molecule has 1 aliphatic rings. The number of nitrogen functional groups attached to an aromatic ring is 1. The van der Waals surface area contributed by atoms with Crippen molar-refractivity contribution in [1.82, 2.24) is 25.2 Å². The Hall–Kier alpha value is -3.36. The van der Waals surface area contributed by atoms with Gasteiger partial charge in [-0.15, -0.1) is 0 Å². The Morgan fingerprint density at radius 1 is 1.12 bits per heavy atom. The first-order chi connectivity index (χ1) is 16.1. The van der Waals surface area contributed by atoms with Crippen LogP contribution in [0.25, 0.3) is 22.4 Å². The van der Waals surface area contributed by atoms with Crippen LogP contribution >= 0.6 is 0 Å². The number of nitrogens with two attached hydrogens (primary N) is 1. The average molecular weight is 447 g/mol. The summed E-state index contributed by atoms with van der Waals surface area (Å²) in [6.07, 6.45) is 4.10. The molecule has 2 aromatic heterocycles. The Balaban J connectivity index is 1.55. The maximum Gasteiger partial charge on any atom is 0.251 e. The van der Waals surface area contributed by atoms with E-state index < -0.39 is 0 Å². The lowest BCUT2D eigenvalue weighted by Crippen LogP contribution is -2.41. The number of aromatic nitrogens is 3. The number of nitrogens with one attached hydrogen (secondary N) is 1. The molecule has 8 heteroatoms. The van der Waals surface area contributed by atoms with Gasteiger partial charge < -0.3 is 15.8 Å². The minimum absolute atomic E-state index is 0.0628. The molecular weight excluding hydrogens is 416 g/mol. The second-order valence-corrected chi connectivity index (χ2v) is 8.11. The number of benzene rings is 1. The van der Waals surface area contributed by atoms with E-state index in [-0.39, 0.29) is 5.91 Å². The molecule has 3 heterocycles. The van der Waals surface area contributed by atoms with Crippen LogP contribution in [0.5, 0.6) is 0 Å². The van der Waals surface area contributed by atoms with Crippen molar-refractivity contribution in [2.75, 3.05) is 45.1 Å². The molecule has 0 spiro atoms. The summed E-state index contributed by atoms with van der Waals surface area (Å²) in [6.45, 7) is 8.79. The molecule has 0 saturated carbocycles. The number of carbonyl (C=O) groups is 1. The maximum absolute atomic E-state index is 12.8. The first-order valence-corrected chi connectivity index (χ1v) is 11.3. The summed E-state index contributed by atoms with van der Waals surface area (Å²) in [4.78, 5) is 28.4. The highest BCUT2D eigenvalue weighted by molar-refractivity contribution is 5.96. The maximum atomic E-state index is 12.8. The summed E-state index contributed by atoms with van der Waals surface area (Å²) in [7, 11) is 0. The highest BCUT2D eigenvalue weighted by atomic mass is 16.5. The van der Waals surface area contributed by atoms with Crippen molar-refractivity contribution in [3.8, 4) is 22.4 Å². The van der Waals surface area contributed by atoms with E-state index in [1.807, 2.05) is 31.2 Å². The fourth-order valence-corrected chi connectivity index (χ4v) is 4.08. The number of morpholine rings is 1. The van der Waals surface area contributed by atoms with Crippen LogP contribution in [0.1, 0.15) is 28.5 Å². The summed E-state index contributed by atoms with van der Waals surface area (Å²) in [5, 5.41) is 3.04. The quantitative estimate of drug-likeness (QED) is 0.575. The molecule has 33 heavy (non-hydrogen) atoms. The van der Waals surface area contributed by atoms with Gasteiger partial charge in [0.05, 0.1) is 24.6 Å². The predicted octanol–water partition coefficient (Wildman–Crippen LogP) is 2.72. The number of nitrogens with zero attached hydrogens (tertiary/aromatic N) is 4. The molecule has 0 unspecified atom stereocenters. The van der Waals surface area contributed by atoms with E-state index in [0.29, 0.717) is 17.9 Å². The van der Waals surface area contributed by atoms with Crippen LogP contribution in [-0.2, 0) is 11.2 Å². The van der Waals surface area contributed by atoms with E-state index in [9.17, 15) is 4.79 Å². The molecule has 4 rings (SSSR count). The first kappa shape index (κ1) is 22.8. The lowest BCUT2D eigenvalue weighted by atomic mass is 9.95. The van der Waals surface area contributed by atoms with E-state index in [2.05, 4.69) is 32.1 Å². The third-order valence-corrected chi connectivity index (χ3v) is 5.90. The van der Waals surface area contributed by atoms with Gasteiger partial charge in [-0.3, -0.25) is 9.69 Å². The number of anilines is 1. The Labute approximate surface area is 194 Å². The number of carbonyl (C=O) groups excluding carboxylic acids is 1. The van der Waals surface area contributed by atoms with Crippen LogP contribution < -0.4 is 11.1 Å². The van der Waals surface area contributed by atoms with Crippen LogP contribution in [0.3, 0.4) is 0 Å². The molecule has 1 aromatic carbocycles. The zero-order chi connectivity index (χ0) is 23.2. The topological polar surface area (TPSA) is 106 Å². The molecule has 1 aliphatic heterocycles. The van der Waals surface area contributed by atoms with Gasteiger partial charge in [0.1, 0.15) is 12.1 Å². The van der Waals surface area contributed by atoms with E-state index in [1.165, 1.54) is 0 Å². The molecule has 3 N–H and O–H groups in total. The fraction of sp³-hybridized carbons (Fsp3) is 0.360.